The highest BCUT2D eigenvalue weighted by Gasteiger charge is 2.63. The molecule has 2 aromatic carbocycles. The summed E-state index contributed by atoms with van der Waals surface area (Å²) in [5, 5.41) is 8.51. The van der Waals surface area contributed by atoms with Crippen molar-refractivity contribution < 1.29 is 46.7 Å². The van der Waals surface area contributed by atoms with Gasteiger partial charge in [-0.05, 0) is 80.9 Å². The van der Waals surface area contributed by atoms with Crippen LogP contribution in [-0.2, 0) is 48.3 Å². The molecule has 1 unspecified atom stereocenters. The van der Waals surface area contributed by atoms with Gasteiger partial charge >= 0.3 is 0 Å². The molecule has 10 atom stereocenters. The number of amides is 6. The topological polar surface area (TPSA) is 213 Å². The third-order valence-corrected chi connectivity index (χ3v) is 14.9. The molecule has 2 fully saturated rings. The Hall–Kier alpha value is -4.91. The van der Waals surface area contributed by atoms with Gasteiger partial charge in [0.25, 0.3) is 15.9 Å². The Morgan fingerprint density at radius 3 is 2.01 bits per heavy atom. The summed E-state index contributed by atoms with van der Waals surface area (Å²) in [6.45, 7) is 15.1. The first-order valence-corrected chi connectivity index (χ1v) is 24.8. The van der Waals surface area contributed by atoms with Gasteiger partial charge in [-0.25, -0.2) is 13.1 Å². The van der Waals surface area contributed by atoms with E-state index in [1.165, 1.54) is 45.4 Å². The average Bonchev–Trinajstić information content (AvgIpc) is 3.80. The summed E-state index contributed by atoms with van der Waals surface area (Å²) in [5.41, 5.74) is -0.494. The van der Waals surface area contributed by atoms with E-state index < -0.39 is 75.6 Å². The fraction of sp³-hybridized carbons (Fsp3) is 0.633. The maximum Gasteiger partial charge on any atom is 0.264 e. The molecule has 18 heteroatoms. The van der Waals surface area contributed by atoms with E-state index in [1.54, 1.807) is 35.9 Å². The van der Waals surface area contributed by atoms with E-state index in [0.717, 1.165) is 5.56 Å². The van der Waals surface area contributed by atoms with Crippen molar-refractivity contribution in [3.05, 3.63) is 60.2 Å². The van der Waals surface area contributed by atoms with Crippen LogP contribution in [-0.4, -0.2) is 142 Å². The number of rotatable bonds is 23. The molecule has 2 aromatic rings. The molecule has 1 saturated heterocycles. The summed E-state index contributed by atoms with van der Waals surface area (Å²) in [6.07, 6.45) is 0.384. The lowest BCUT2D eigenvalue weighted by Gasteiger charge is -2.41. The van der Waals surface area contributed by atoms with Crippen LogP contribution >= 0.6 is 0 Å². The van der Waals surface area contributed by atoms with Crippen LogP contribution in [0.25, 0.3) is 0 Å². The van der Waals surface area contributed by atoms with Crippen LogP contribution in [0.15, 0.2) is 59.5 Å². The van der Waals surface area contributed by atoms with Crippen LogP contribution in [0.2, 0.25) is 0 Å². The molecule has 0 aromatic heterocycles. The summed E-state index contributed by atoms with van der Waals surface area (Å²) in [6, 6.07) is 12.1. The monoisotopic (exact) mass is 954 g/mol. The summed E-state index contributed by atoms with van der Waals surface area (Å²) in [5.74, 6) is -4.31. The standard InChI is InChI=1S/C49H75N7O10S/c1-14-31(6)43(55(11)47(61)41(29(2)3)51-46(60)42(30(4)5)54(9)10)39(65-12)27-40(58)56-26-18-21-38(56)44(66-13)32(7)45(59)52-49(28-37(49)34-19-16-15-17-20-34)48(62)53-67(63,64)36-24-22-35(23-25-36)50-33(8)57/h15-17,19-20,22-25,29-32,37-39,41-44H,14,18,21,26-28H2,1-13H3,(H,50,57)(H,51,60)(H,52,59)(H,53,62)/t31-,32+,37-,38-,39+,41-,42-,43-,44+,49?/m0/s1. The minimum Gasteiger partial charge on any atom is -0.379 e. The number of ether oxygens (including phenoxy) is 2. The van der Waals surface area contributed by atoms with Gasteiger partial charge in [0.1, 0.15) is 11.6 Å². The largest absolute Gasteiger partial charge is 0.379 e. The molecule has 6 amide bonds. The number of likely N-dealkylation sites (N-methyl/N-ethyl adjacent to an activating group) is 2. The smallest absolute Gasteiger partial charge is 0.264 e. The number of sulfonamides is 1. The Labute approximate surface area is 397 Å². The summed E-state index contributed by atoms with van der Waals surface area (Å²) in [4.78, 5) is 87.3. The molecular formula is C49H75N7O10S. The molecular weight excluding hydrogens is 879 g/mol. The molecule has 2 aliphatic rings. The van der Waals surface area contributed by atoms with Crippen LogP contribution in [0, 0.1) is 23.7 Å². The Bertz CT molecular complexity index is 2150. The Morgan fingerprint density at radius 1 is 0.866 bits per heavy atom. The number of anilines is 1. The highest BCUT2D eigenvalue weighted by Crippen LogP contribution is 2.52. The number of carbonyl (C=O) groups is 6. The van der Waals surface area contributed by atoms with Crippen molar-refractivity contribution in [1.82, 2.24) is 30.1 Å². The molecule has 0 bridgehead atoms. The van der Waals surface area contributed by atoms with Crippen molar-refractivity contribution in [2.45, 2.75) is 140 Å². The van der Waals surface area contributed by atoms with Crippen LogP contribution in [0.5, 0.6) is 0 Å². The minimum absolute atomic E-state index is 0.00557. The minimum atomic E-state index is -4.40. The maximum atomic E-state index is 14.5. The first kappa shape index (κ1) is 54.7. The molecule has 0 spiro atoms. The lowest BCUT2D eigenvalue weighted by molar-refractivity contribution is -0.148. The van der Waals surface area contributed by atoms with Crippen molar-refractivity contribution in [3.63, 3.8) is 0 Å². The van der Waals surface area contributed by atoms with E-state index in [1.807, 2.05) is 78.7 Å². The third-order valence-electron chi connectivity index (χ3n) is 13.6. The number of hydrogen-bond acceptors (Lipinski definition) is 11. The predicted molar refractivity (Wildman–Crippen MR) is 256 cm³/mol. The first-order valence-electron chi connectivity index (χ1n) is 23.4. The molecule has 17 nitrogen and oxygen atoms in total. The van der Waals surface area contributed by atoms with Crippen LogP contribution < -0.4 is 20.7 Å². The molecule has 372 valence electrons. The van der Waals surface area contributed by atoms with Crippen molar-refractivity contribution in [3.8, 4) is 0 Å². The van der Waals surface area contributed by atoms with Gasteiger partial charge in [-0.3, -0.25) is 33.7 Å². The number of carbonyl (C=O) groups excluding carboxylic acids is 6. The van der Waals surface area contributed by atoms with Crippen LogP contribution in [0.3, 0.4) is 0 Å². The first-order chi connectivity index (χ1) is 31.5. The van der Waals surface area contributed by atoms with Gasteiger partial charge in [0.05, 0.1) is 47.6 Å². The van der Waals surface area contributed by atoms with Gasteiger partial charge < -0.3 is 35.2 Å². The summed E-state index contributed by atoms with van der Waals surface area (Å²) < 4.78 is 41.3. The molecule has 1 aliphatic carbocycles. The molecule has 1 aliphatic heterocycles. The summed E-state index contributed by atoms with van der Waals surface area (Å²) >= 11 is 0. The number of nitrogens with zero attached hydrogens (tertiary/aromatic N) is 3. The number of likely N-dealkylation sites (tertiary alicyclic amines) is 1. The zero-order chi connectivity index (χ0) is 50.1. The Balaban J connectivity index is 1.54. The lowest BCUT2D eigenvalue weighted by Crippen LogP contribution is -2.59. The van der Waals surface area contributed by atoms with Crippen molar-refractivity contribution in [2.75, 3.05) is 47.2 Å². The zero-order valence-electron chi connectivity index (χ0n) is 41.6. The lowest BCUT2D eigenvalue weighted by atomic mass is 9.89. The highest BCUT2D eigenvalue weighted by molar-refractivity contribution is 7.90. The molecule has 1 heterocycles. The quantitative estimate of drug-likeness (QED) is 0.124. The van der Waals surface area contributed by atoms with Crippen LogP contribution in [0.4, 0.5) is 5.69 Å². The summed E-state index contributed by atoms with van der Waals surface area (Å²) in [7, 11) is 3.95. The molecule has 1 saturated carbocycles. The average molecular weight is 954 g/mol. The second-order valence-corrected chi connectivity index (χ2v) is 20.9. The van der Waals surface area contributed by atoms with E-state index in [9.17, 15) is 37.2 Å². The predicted octanol–water partition coefficient (Wildman–Crippen LogP) is 4.14. The van der Waals surface area contributed by atoms with Gasteiger partial charge in [-0.15, -0.1) is 0 Å². The molecule has 4 N–H and O–H groups in total. The van der Waals surface area contributed by atoms with Gasteiger partial charge in [-0.2, -0.15) is 0 Å². The highest BCUT2D eigenvalue weighted by atomic mass is 32.2. The second-order valence-electron chi connectivity index (χ2n) is 19.2. The number of hydrogen-bond donors (Lipinski definition) is 4. The fourth-order valence-electron chi connectivity index (χ4n) is 9.73. The van der Waals surface area contributed by atoms with Crippen molar-refractivity contribution in [2.24, 2.45) is 23.7 Å². The van der Waals surface area contributed by atoms with Gasteiger partial charge in [0.15, 0.2) is 0 Å². The third kappa shape index (κ3) is 13.0. The number of nitrogens with one attached hydrogen (secondary N) is 4. The van der Waals surface area contributed by atoms with E-state index >= 15 is 0 Å². The number of methoxy groups -OCH3 is 2. The van der Waals surface area contributed by atoms with E-state index in [0.29, 0.717) is 31.5 Å². The normalized spacial score (nSPS) is 21.4. The van der Waals surface area contributed by atoms with Crippen LogP contribution in [0.1, 0.15) is 99.0 Å². The van der Waals surface area contributed by atoms with E-state index in [-0.39, 0.29) is 59.1 Å². The van der Waals surface area contributed by atoms with Gasteiger partial charge in [0.2, 0.25) is 29.5 Å². The molecule has 0 radical (unpaired) electrons. The van der Waals surface area contributed by atoms with E-state index in [2.05, 4.69) is 20.7 Å². The van der Waals surface area contributed by atoms with Crippen molar-refractivity contribution >= 4 is 51.2 Å². The molecule has 67 heavy (non-hydrogen) atoms. The fourth-order valence-corrected chi connectivity index (χ4v) is 10.8. The second kappa shape index (κ2) is 23.4. The molecule has 4 rings (SSSR count). The van der Waals surface area contributed by atoms with Crippen molar-refractivity contribution in [1.29, 1.82) is 0 Å². The Morgan fingerprint density at radius 2 is 1.49 bits per heavy atom. The SMILES string of the molecule is CC[C@H](C)[C@@H]([C@@H](CC(=O)N1CCC[C@H]1[C@H](OC)[C@@H](C)C(=O)NC1(C(=O)NS(=O)(=O)c2ccc(NC(C)=O)cc2)C[C@H]1c1ccccc1)OC)N(C)C(=O)[C@@H](NC(=O)[C@H](C(C)C)N(C)C)C(C)C. The number of benzene rings is 2. The zero-order valence-corrected chi connectivity index (χ0v) is 42.4. The Kier molecular flexibility index (Phi) is 19.1. The van der Waals surface area contributed by atoms with E-state index in [4.69, 9.17) is 9.47 Å². The van der Waals surface area contributed by atoms with Gasteiger partial charge in [0, 0.05) is 46.3 Å². The maximum absolute atomic E-state index is 14.5. The van der Waals surface area contributed by atoms with Gasteiger partial charge in [-0.1, -0.05) is 85.2 Å².